The number of sulfonamides is 1. The number of rotatable bonds is 5. The molecule has 1 aliphatic rings. The number of benzene rings is 2. The van der Waals surface area contributed by atoms with Gasteiger partial charge in [-0.15, -0.1) is 0 Å². The lowest BCUT2D eigenvalue weighted by atomic mass is 10.1. The van der Waals surface area contributed by atoms with Crippen molar-refractivity contribution in [2.24, 2.45) is 0 Å². The number of hydrogen-bond acceptors (Lipinski definition) is 6. The molecule has 0 spiro atoms. The van der Waals surface area contributed by atoms with Gasteiger partial charge >= 0.3 is 5.69 Å². The number of aromatic nitrogens is 2. The largest absolute Gasteiger partial charge is 0.467 e. The number of fused-ring (bicyclic) bond motifs is 2. The Kier molecular flexibility index (Phi) is 4.94. The molecule has 0 radical (unpaired) electrons. The Hall–Kier alpha value is -3.02. The summed E-state index contributed by atoms with van der Waals surface area (Å²) in [4.78, 5) is 27.5. The molecule has 152 valence electrons. The minimum Gasteiger partial charge on any atom is -0.467 e. The first-order chi connectivity index (χ1) is 13.8. The van der Waals surface area contributed by atoms with Gasteiger partial charge in [0.15, 0.2) is 6.79 Å². The molecular formula is C18H16FN3O6S. The number of hydrogen-bond donors (Lipinski definition) is 3. The van der Waals surface area contributed by atoms with Crippen LogP contribution in [0.3, 0.4) is 0 Å². The molecule has 0 saturated heterocycles. The van der Waals surface area contributed by atoms with Gasteiger partial charge in [0, 0.05) is 12.1 Å². The van der Waals surface area contributed by atoms with Gasteiger partial charge in [0.1, 0.15) is 11.6 Å². The highest BCUT2D eigenvalue weighted by atomic mass is 32.2. The topological polar surface area (TPSA) is 130 Å². The van der Waals surface area contributed by atoms with Gasteiger partial charge in [-0.1, -0.05) is 0 Å². The van der Waals surface area contributed by atoms with Gasteiger partial charge in [-0.25, -0.2) is 22.3 Å². The zero-order chi connectivity index (χ0) is 20.6. The van der Waals surface area contributed by atoms with Gasteiger partial charge in [-0.2, -0.15) is 0 Å². The number of halogens is 1. The van der Waals surface area contributed by atoms with Gasteiger partial charge in [-0.3, -0.25) is 9.78 Å². The van der Waals surface area contributed by atoms with E-state index in [-0.39, 0.29) is 42.2 Å². The fourth-order valence-electron chi connectivity index (χ4n) is 3.16. The first kappa shape index (κ1) is 19.3. The molecule has 0 atom stereocenters. The molecule has 0 unspecified atom stereocenters. The van der Waals surface area contributed by atoms with Crippen LogP contribution in [0.5, 0.6) is 5.75 Å². The molecule has 1 aromatic heterocycles. The highest BCUT2D eigenvalue weighted by Crippen LogP contribution is 2.29. The highest BCUT2D eigenvalue weighted by Gasteiger charge is 2.19. The Balaban J connectivity index is 1.55. The van der Waals surface area contributed by atoms with Crippen LogP contribution in [-0.4, -0.2) is 31.7 Å². The number of H-pyrrole nitrogens is 2. The van der Waals surface area contributed by atoms with Crippen molar-refractivity contribution in [2.75, 3.05) is 13.3 Å². The summed E-state index contributed by atoms with van der Waals surface area (Å²) in [5.41, 5.74) is -0.0484. The molecule has 0 saturated carbocycles. The maximum atomic E-state index is 13.8. The van der Waals surface area contributed by atoms with E-state index in [1.165, 1.54) is 30.3 Å². The molecule has 0 fully saturated rings. The number of ether oxygens (including phenoxy) is 2. The highest BCUT2D eigenvalue weighted by molar-refractivity contribution is 7.89. The molecule has 3 aromatic rings. The molecule has 0 aliphatic carbocycles. The Morgan fingerprint density at radius 1 is 1.14 bits per heavy atom. The molecule has 0 bridgehead atoms. The first-order valence-corrected chi connectivity index (χ1v) is 10.1. The van der Waals surface area contributed by atoms with Crippen LogP contribution in [0.25, 0.3) is 10.9 Å². The molecule has 2 heterocycles. The van der Waals surface area contributed by atoms with Gasteiger partial charge < -0.3 is 14.5 Å². The van der Waals surface area contributed by atoms with E-state index in [1.807, 2.05) is 4.98 Å². The SMILES string of the molecule is O=c1[nH]c(=O)c2cc(S(=O)(=O)NCCc3cc(F)cc4c3OCOC4)ccc2[nH]1. The van der Waals surface area contributed by atoms with Crippen molar-refractivity contribution in [3.8, 4) is 5.75 Å². The minimum absolute atomic E-state index is 0.0114. The lowest BCUT2D eigenvalue weighted by Gasteiger charge is -2.21. The molecule has 4 rings (SSSR count). The molecule has 11 heteroatoms. The second kappa shape index (κ2) is 7.43. The van der Waals surface area contributed by atoms with Crippen molar-refractivity contribution in [2.45, 2.75) is 17.9 Å². The van der Waals surface area contributed by atoms with Crippen molar-refractivity contribution >= 4 is 20.9 Å². The van der Waals surface area contributed by atoms with Gasteiger partial charge in [-0.05, 0) is 42.3 Å². The zero-order valence-electron chi connectivity index (χ0n) is 15.0. The fourth-order valence-corrected chi connectivity index (χ4v) is 4.21. The summed E-state index contributed by atoms with van der Waals surface area (Å²) in [6.07, 6.45) is 0.195. The van der Waals surface area contributed by atoms with E-state index in [9.17, 15) is 22.4 Å². The first-order valence-electron chi connectivity index (χ1n) is 8.61. The van der Waals surface area contributed by atoms with Crippen LogP contribution in [0.15, 0.2) is 44.8 Å². The van der Waals surface area contributed by atoms with Crippen LogP contribution in [0, 0.1) is 5.82 Å². The van der Waals surface area contributed by atoms with E-state index in [0.717, 1.165) is 0 Å². The smallest absolute Gasteiger partial charge is 0.326 e. The van der Waals surface area contributed by atoms with E-state index in [2.05, 4.69) is 9.71 Å². The van der Waals surface area contributed by atoms with E-state index in [0.29, 0.717) is 16.9 Å². The van der Waals surface area contributed by atoms with Crippen LogP contribution in [0.4, 0.5) is 4.39 Å². The van der Waals surface area contributed by atoms with Gasteiger partial charge in [0.05, 0.1) is 22.4 Å². The van der Waals surface area contributed by atoms with Crippen LogP contribution >= 0.6 is 0 Å². The van der Waals surface area contributed by atoms with E-state index < -0.39 is 27.1 Å². The van der Waals surface area contributed by atoms with Crippen molar-refractivity contribution in [3.63, 3.8) is 0 Å². The van der Waals surface area contributed by atoms with Crippen LogP contribution in [-0.2, 0) is 27.8 Å². The Labute approximate surface area is 163 Å². The number of aromatic amines is 2. The second-order valence-electron chi connectivity index (χ2n) is 6.43. The number of nitrogens with one attached hydrogen (secondary N) is 3. The van der Waals surface area contributed by atoms with Gasteiger partial charge in [0.2, 0.25) is 10.0 Å². The molecule has 9 nitrogen and oxygen atoms in total. The fraction of sp³-hybridized carbons (Fsp3) is 0.222. The van der Waals surface area contributed by atoms with Crippen molar-refractivity contribution in [1.82, 2.24) is 14.7 Å². The average Bonchev–Trinajstić information content (AvgIpc) is 2.67. The summed E-state index contributed by atoms with van der Waals surface area (Å²) in [6.45, 7) is 0.257. The van der Waals surface area contributed by atoms with E-state index in [4.69, 9.17) is 9.47 Å². The van der Waals surface area contributed by atoms with Crippen molar-refractivity contribution in [1.29, 1.82) is 0 Å². The third kappa shape index (κ3) is 3.92. The van der Waals surface area contributed by atoms with Crippen LogP contribution in [0.2, 0.25) is 0 Å². The third-order valence-electron chi connectivity index (χ3n) is 4.46. The molecule has 0 amide bonds. The van der Waals surface area contributed by atoms with E-state index in [1.54, 1.807) is 0 Å². The zero-order valence-corrected chi connectivity index (χ0v) is 15.8. The summed E-state index contributed by atoms with van der Waals surface area (Å²) in [6, 6.07) is 6.42. The Morgan fingerprint density at radius 3 is 2.79 bits per heavy atom. The molecule has 29 heavy (non-hydrogen) atoms. The third-order valence-corrected chi connectivity index (χ3v) is 5.92. The van der Waals surface area contributed by atoms with Crippen LogP contribution < -0.4 is 20.7 Å². The molecular weight excluding hydrogens is 405 g/mol. The molecule has 1 aliphatic heterocycles. The maximum Gasteiger partial charge on any atom is 0.326 e. The van der Waals surface area contributed by atoms with Crippen LogP contribution in [0.1, 0.15) is 11.1 Å². The Bertz CT molecular complexity index is 1320. The predicted octanol–water partition coefficient (Wildman–Crippen LogP) is 0.743. The lowest BCUT2D eigenvalue weighted by Crippen LogP contribution is -2.27. The molecule has 3 N–H and O–H groups in total. The summed E-state index contributed by atoms with van der Waals surface area (Å²) >= 11 is 0. The maximum absolute atomic E-state index is 13.8. The monoisotopic (exact) mass is 421 g/mol. The van der Waals surface area contributed by atoms with Crippen molar-refractivity contribution < 1.29 is 22.3 Å². The molecule has 2 aromatic carbocycles. The second-order valence-corrected chi connectivity index (χ2v) is 8.19. The summed E-state index contributed by atoms with van der Waals surface area (Å²) in [7, 11) is -3.93. The van der Waals surface area contributed by atoms with Gasteiger partial charge in [0.25, 0.3) is 5.56 Å². The minimum atomic E-state index is -3.93. The normalized spacial score (nSPS) is 13.8. The quantitative estimate of drug-likeness (QED) is 0.557. The summed E-state index contributed by atoms with van der Waals surface area (Å²) in [5, 5.41) is 0.0417. The average molecular weight is 421 g/mol. The lowest BCUT2D eigenvalue weighted by molar-refractivity contribution is -0.0172. The Morgan fingerprint density at radius 2 is 1.97 bits per heavy atom. The van der Waals surface area contributed by atoms with Crippen molar-refractivity contribution in [3.05, 3.63) is 68.1 Å². The summed E-state index contributed by atoms with van der Waals surface area (Å²) < 4.78 is 51.9. The summed E-state index contributed by atoms with van der Waals surface area (Å²) in [5.74, 6) is 0.0384. The standard InChI is InChI=1S/C18H16FN3O6S/c19-12-5-10(16-11(6-12)8-27-9-28-16)3-4-20-29(25,26)13-1-2-15-14(7-13)17(23)22-18(24)21-15/h1-2,5-7,20H,3-4,8-9H2,(H2,21,22,23,24). The van der Waals surface area contributed by atoms with E-state index >= 15 is 0 Å². The predicted molar refractivity (Wildman–Crippen MR) is 101 cm³/mol.